The third kappa shape index (κ3) is 6.21. The maximum atomic E-state index is 12.5. The monoisotopic (exact) mass is 346 g/mol. The molecule has 0 aliphatic heterocycles. The zero-order valence-electron chi connectivity index (χ0n) is 14.9. The average Bonchev–Trinajstić information content (AvgIpc) is 3.32. The molecule has 1 fully saturated rings. The largest absolute Gasteiger partial charge is 0.465 e. The van der Waals surface area contributed by atoms with Gasteiger partial charge in [0, 0.05) is 25.4 Å². The van der Waals surface area contributed by atoms with Crippen LogP contribution in [0.2, 0.25) is 0 Å². The maximum Gasteiger partial charge on any atom is 0.325 e. The predicted octanol–water partition coefficient (Wildman–Crippen LogP) is 1.74. The van der Waals surface area contributed by atoms with Crippen molar-refractivity contribution in [1.82, 2.24) is 10.2 Å². The molecule has 0 spiro atoms. The van der Waals surface area contributed by atoms with Crippen molar-refractivity contribution in [3.8, 4) is 0 Å². The number of nitrogens with one attached hydrogen (secondary N) is 1. The number of esters is 1. The van der Waals surface area contributed by atoms with E-state index in [1.807, 2.05) is 37.3 Å². The number of benzene rings is 1. The first-order valence-corrected chi connectivity index (χ1v) is 8.76. The highest BCUT2D eigenvalue weighted by Crippen LogP contribution is 2.37. The second-order valence-electron chi connectivity index (χ2n) is 6.40. The van der Waals surface area contributed by atoms with Crippen LogP contribution in [0.4, 0.5) is 0 Å². The number of hydrogen-bond donors (Lipinski definition) is 1. The van der Waals surface area contributed by atoms with Gasteiger partial charge in [0.2, 0.25) is 11.8 Å². The van der Waals surface area contributed by atoms with Crippen LogP contribution in [0.25, 0.3) is 0 Å². The number of hydrogen-bond acceptors (Lipinski definition) is 4. The van der Waals surface area contributed by atoms with Crippen LogP contribution in [0, 0.1) is 11.8 Å². The van der Waals surface area contributed by atoms with Gasteiger partial charge in [0.15, 0.2) is 0 Å². The van der Waals surface area contributed by atoms with E-state index in [0.717, 1.165) is 12.0 Å². The van der Waals surface area contributed by atoms with E-state index in [1.54, 1.807) is 6.92 Å². The van der Waals surface area contributed by atoms with Crippen molar-refractivity contribution in [3.05, 3.63) is 35.9 Å². The highest BCUT2D eigenvalue weighted by molar-refractivity contribution is 5.84. The van der Waals surface area contributed by atoms with Gasteiger partial charge in [0.1, 0.15) is 6.54 Å². The van der Waals surface area contributed by atoms with E-state index in [4.69, 9.17) is 4.74 Å². The Morgan fingerprint density at radius 2 is 1.92 bits per heavy atom. The Bertz CT molecular complexity index is 603. The molecule has 6 nitrogen and oxygen atoms in total. The van der Waals surface area contributed by atoms with Gasteiger partial charge in [-0.2, -0.15) is 0 Å². The standard InChI is InChI=1S/C19H26N2O4/c1-3-25-18(23)13-21(12-15-7-5-4-6-8-15)17(22)9-10-20-19(24)16-11-14(16)2/h4-8,14,16H,3,9-13H2,1-2H3,(H,20,24)/t14-,16-/m1/s1. The summed E-state index contributed by atoms with van der Waals surface area (Å²) in [6.07, 6.45) is 1.09. The summed E-state index contributed by atoms with van der Waals surface area (Å²) in [5.41, 5.74) is 0.941. The smallest absolute Gasteiger partial charge is 0.325 e. The number of carbonyl (C=O) groups is 3. The molecule has 0 radical (unpaired) electrons. The van der Waals surface area contributed by atoms with Gasteiger partial charge in [-0.15, -0.1) is 0 Å². The van der Waals surface area contributed by atoms with Crippen molar-refractivity contribution >= 4 is 17.8 Å². The summed E-state index contributed by atoms with van der Waals surface area (Å²) in [7, 11) is 0. The van der Waals surface area contributed by atoms with Crippen molar-refractivity contribution in [2.24, 2.45) is 11.8 Å². The Hall–Kier alpha value is -2.37. The Balaban J connectivity index is 1.87. The van der Waals surface area contributed by atoms with E-state index in [-0.39, 0.29) is 43.8 Å². The molecule has 136 valence electrons. The summed E-state index contributed by atoms with van der Waals surface area (Å²) < 4.78 is 4.95. The fraction of sp³-hybridized carbons (Fsp3) is 0.526. The molecule has 1 aromatic carbocycles. The fourth-order valence-electron chi connectivity index (χ4n) is 2.67. The lowest BCUT2D eigenvalue weighted by molar-refractivity contribution is -0.149. The van der Waals surface area contributed by atoms with Crippen LogP contribution in [0.5, 0.6) is 0 Å². The predicted molar refractivity (Wildman–Crippen MR) is 93.4 cm³/mol. The molecule has 0 aromatic heterocycles. The number of ether oxygens (including phenoxy) is 1. The number of nitrogens with zero attached hydrogens (tertiary/aromatic N) is 1. The zero-order valence-corrected chi connectivity index (χ0v) is 14.9. The van der Waals surface area contributed by atoms with Gasteiger partial charge in [0.05, 0.1) is 6.61 Å². The van der Waals surface area contributed by atoms with Crippen molar-refractivity contribution < 1.29 is 19.1 Å². The van der Waals surface area contributed by atoms with Crippen molar-refractivity contribution in [2.75, 3.05) is 19.7 Å². The molecule has 2 amide bonds. The summed E-state index contributed by atoms with van der Waals surface area (Å²) in [6.45, 7) is 4.59. The molecule has 1 aromatic rings. The highest BCUT2D eigenvalue weighted by Gasteiger charge is 2.38. The number of amides is 2. The van der Waals surface area contributed by atoms with Gasteiger partial charge < -0.3 is 15.0 Å². The van der Waals surface area contributed by atoms with E-state index < -0.39 is 5.97 Å². The molecule has 0 bridgehead atoms. The summed E-state index contributed by atoms with van der Waals surface area (Å²) in [6, 6.07) is 9.48. The van der Waals surface area contributed by atoms with Crippen LogP contribution in [-0.4, -0.2) is 42.4 Å². The third-order valence-electron chi connectivity index (χ3n) is 4.28. The Morgan fingerprint density at radius 3 is 2.52 bits per heavy atom. The van der Waals surface area contributed by atoms with Crippen LogP contribution >= 0.6 is 0 Å². The molecule has 0 unspecified atom stereocenters. The van der Waals surface area contributed by atoms with Crippen LogP contribution in [0.1, 0.15) is 32.3 Å². The van der Waals surface area contributed by atoms with Crippen molar-refractivity contribution in [1.29, 1.82) is 0 Å². The lowest BCUT2D eigenvalue weighted by Gasteiger charge is -2.22. The Morgan fingerprint density at radius 1 is 1.24 bits per heavy atom. The number of carbonyl (C=O) groups excluding carboxylic acids is 3. The minimum Gasteiger partial charge on any atom is -0.465 e. The SMILES string of the molecule is CCOC(=O)CN(Cc1ccccc1)C(=O)CCNC(=O)[C@@H]1C[C@H]1C. The summed E-state index contributed by atoms with van der Waals surface area (Å²) >= 11 is 0. The van der Waals surface area contributed by atoms with Gasteiger partial charge in [-0.25, -0.2) is 0 Å². The van der Waals surface area contributed by atoms with Crippen LogP contribution in [0.3, 0.4) is 0 Å². The molecule has 2 atom stereocenters. The lowest BCUT2D eigenvalue weighted by Crippen LogP contribution is -2.38. The van der Waals surface area contributed by atoms with E-state index in [0.29, 0.717) is 12.5 Å². The Labute approximate surface area is 148 Å². The fourth-order valence-corrected chi connectivity index (χ4v) is 2.67. The minimum absolute atomic E-state index is 0.0142. The number of rotatable bonds is 9. The van der Waals surface area contributed by atoms with Crippen LogP contribution < -0.4 is 5.32 Å². The van der Waals surface area contributed by atoms with Gasteiger partial charge in [-0.1, -0.05) is 37.3 Å². The molecular weight excluding hydrogens is 320 g/mol. The maximum absolute atomic E-state index is 12.5. The summed E-state index contributed by atoms with van der Waals surface area (Å²) in [5, 5.41) is 2.80. The molecule has 0 heterocycles. The van der Waals surface area contributed by atoms with E-state index in [9.17, 15) is 14.4 Å². The molecule has 1 aliphatic carbocycles. The molecule has 2 rings (SSSR count). The van der Waals surface area contributed by atoms with E-state index >= 15 is 0 Å². The van der Waals surface area contributed by atoms with Crippen molar-refractivity contribution in [2.45, 2.75) is 33.2 Å². The first-order valence-electron chi connectivity index (χ1n) is 8.76. The minimum atomic E-state index is -0.428. The second kappa shape index (κ2) is 9.20. The van der Waals surface area contributed by atoms with Gasteiger partial charge in [0.25, 0.3) is 0 Å². The summed E-state index contributed by atoms with van der Waals surface area (Å²) in [5.74, 6) is -0.0619. The average molecular weight is 346 g/mol. The van der Waals surface area contributed by atoms with E-state index in [2.05, 4.69) is 5.32 Å². The molecule has 1 N–H and O–H groups in total. The first kappa shape index (κ1) is 19.0. The lowest BCUT2D eigenvalue weighted by atomic mass is 10.2. The highest BCUT2D eigenvalue weighted by atomic mass is 16.5. The Kier molecular flexibility index (Phi) is 6.98. The van der Waals surface area contributed by atoms with Crippen LogP contribution in [-0.2, 0) is 25.7 Å². The molecule has 1 aliphatic rings. The molecule has 1 saturated carbocycles. The van der Waals surface area contributed by atoms with E-state index in [1.165, 1.54) is 4.90 Å². The topological polar surface area (TPSA) is 75.7 Å². The second-order valence-corrected chi connectivity index (χ2v) is 6.40. The molecular formula is C19H26N2O4. The quantitative estimate of drug-likeness (QED) is 0.691. The summed E-state index contributed by atoms with van der Waals surface area (Å²) in [4.78, 5) is 37.5. The van der Waals surface area contributed by atoms with Crippen molar-refractivity contribution in [3.63, 3.8) is 0 Å². The van der Waals surface area contributed by atoms with Gasteiger partial charge in [-0.05, 0) is 24.8 Å². The molecule has 25 heavy (non-hydrogen) atoms. The molecule has 0 saturated heterocycles. The first-order chi connectivity index (χ1) is 12.0. The van der Waals surface area contributed by atoms with Crippen LogP contribution in [0.15, 0.2) is 30.3 Å². The van der Waals surface area contributed by atoms with Gasteiger partial charge >= 0.3 is 5.97 Å². The third-order valence-corrected chi connectivity index (χ3v) is 4.28. The van der Waals surface area contributed by atoms with Gasteiger partial charge in [-0.3, -0.25) is 14.4 Å². The molecule has 6 heteroatoms. The zero-order chi connectivity index (χ0) is 18.2. The normalized spacial score (nSPS) is 18.3.